The molecule has 1 heterocycles. The number of carbonyl (C=O) groups is 1. The third-order valence-electron chi connectivity index (χ3n) is 1.44. The zero-order chi connectivity index (χ0) is 7.78. The van der Waals surface area contributed by atoms with Crippen LogP contribution in [0.4, 0.5) is 0 Å². The number of cyclic esters (lactones) is 1. The molecule has 0 spiro atoms. The molecule has 0 bridgehead atoms. The minimum Gasteiger partial charge on any atom is -0.461 e. The van der Waals surface area contributed by atoms with Crippen molar-refractivity contribution in [1.29, 1.82) is 0 Å². The molecule has 1 saturated heterocycles. The molecule has 1 fully saturated rings. The van der Waals surface area contributed by atoms with Gasteiger partial charge in [-0.2, -0.15) is 0 Å². The summed E-state index contributed by atoms with van der Waals surface area (Å²) in [5.74, 6) is -0.273. The van der Waals surface area contributed by atoms with Crippen molar-refractivity contribution in [1.82, 2.24) is 0 Å². The van der Waals surface area contributed by atoms with Crippen molar-refractivity contribution in [3.8, 4) is 0 Å². The van der Waals surface area contributed by atoms with Crippen LogP contribution in [-0.4, -0.2) is 24.3 Å². The minimum absolute atomic E-state index is 0.0210. The van der Waals surface area contributed by atoms with Gasteiger partial charge in [-0.3, -0.25) is 0 Å². The predicted molar refractivity (Wildman–Crippen MR) is 35.6 cm³/mol. The molecule has 0 aromatic rings. The largest absolute Gasteiger partial charge is 0.461 e. The molecule has 0 aliphatic carbocycles. The van der Waals surface area contributed by atoms with Gasteiger partial charge in [0.05, 0.1) is 6.10 Å². The molecular formula is C7H12O3. The lowest BCUT2D eigenvalue weighted by Crippen LogP contribution is -2.46. The zero-order valence-electron chi connectivity index (χ0n) is 6.51. The molecule has 0 aromatic heterocycles. The fourth-order valence-electron chi connectivity index (χ4n) is 0.952. The third kappa shape index (κ3) is 1.29. The summed E-state index contributed by atoms with van der Waals surface area (Å²) in [7, 11) is 0. The Morgan fingerprint density at radius 3 is 2.60 bits per heavy atom. The smallest absolute Gasteiger partial charge is 0.337 e. The van der Waals surface area contributed by atoms with Gasteiger partial charge in [-0.1, -0.05) is 0 Å². The molecular weight excluding hydrogens is 132 g/mol. The fourth-order valence-corrected chi connectivity index (χ4v) is 0.952. The number of hydrogen-bond donors (Lipinski definition) is 0. The van der Waals surface area contributed by atoms with E-state index in [9.17, 15) is 4.79 Å². The fraction of sp³-hybridized carbons (Fsp3) is 0.857. The summed E-state index contributed by atoms with van der Waals surface area (Å²) in [6.07, 6.45) is 0.0210. The Hall–Kier alpha value is -0.570. The van der Waals surface area contributed by atoms with Crippen LogP contribution in [0.3, 0.4) is 0 Å². The molecule has 1 aliphatic rings. The van der Waals surface area contributed by atoms with E-state index in [1.54, 1.807) is 13.8 Å². The van der Waals surface area contributed by atoms with E-state index in [4.69, 9.17) is 9.47 Å². The second-order valence-corrected chi connectivity index (χ2v) is 3.04. The Morgan fingerprint density at radius 1 is 1.60 bits per heavy atom. The first kappa shape index (κ1) is 7.54. The summed E-state index contributed by atoms with van der Waals surface area (Å²) in [6.45, 7) is 5.69. The molecule has 0 saturated carbocycles. The van der Waals surface area contributed by atoms with E-state index in [-0.39, 0.29) is 12.1 Å². The monoisotopic (exact) mass is 144 g/mol. The molecule has 10 heavy (non-hydrogen) atoms. The summed E-state index contributed by atoms with van der Waals surface area (Å²) in [6, 6.07) is 0. The van der Waals surface area contributed by atoms with Crippen LogP contribution in [0.1, 0.15) is 20.8 Å². The highest BCUT2D eigenvalue weighted by Crippen LogP contribution is 2.19. The third-order valence-corrected chi connectivity index (χ3v) is 1.44. The second kappa shape index (κ2) is 2.23. The highest BCUT2D eigenvalue weighted by atomic mass is 16.6. The number of ether oxygens (including phenoxy) is 2. The van der Waals surface area contributed by atoms with E-state index >= 15 is 0 Å². The van der Waals surface area contributed by atoms with Crippen molar-refractivity contribution in [2.24, 2.45) is 0 Å². The van der Waals surface area contributed by atoms with Gasteiger partial charge in [0, 0.05) is 0 Å². The van der Waals surface area contributed by atoms with Crippen LogP contribution in [-0.2, 0) is 14.3 Å². The van der Waals surface area contributed by atoms with Gasteiger partial charge in [-0.25, -0.2) is 4.79 Å². The van der Waals surface area contributed by atoms with Gasteiger partial charge in [-0.15, -0.1) is 0 Å². The summed E-state index contributed by atoms with van der Waals surface area (Å²) in [4.78, 5) is 10.9. The first-order valence-electron chi connectivity index (χ1n) is 3.37. The summed E-state index contributed by atoms with van der Waals surface area (Å²) in [5.41, 5.74) is -0.752. The number of hydrogen-bond acceptors (Lipinski definition) is 3. The highest BCUT2D eigenvalue weighted by Gasteiger charge is 2.36. The number of carbonyl (C=O) groups excluding carboxylic acids is 1. The van der Waals surface area contributed by atoms with Gasteiger partial charge in [0.15, 0.2) is 5.60 Å². The van der Waals surface area contributed by atoms with Gasteiger partial charge >= 0.3 is 5.97 Å². The van der Waals surface area contributed by atoms with E-state index < -0.39 is 5.60 Å². The number of rotatable bonds is 0. The van der Waals surface area contributed by atoms with E-state index in [2.05, 4.69) is 0 Å². The zero-order valence-corrected chi connectivity index (χ0v) is 6.51. The average molecular weight is 144 g/mol. The van der Waals surface area contributed by atoms with Crippen LogP contribution in [0.15, 0.2) is 0 Å². The molecule has 58 valence electrons. The Labute approximate surface area is 60.3 Å². The lowest BCUT2D eigenvalue weighted by atomic mass is 10.1. The maximum atomic E-state index is 10.9. The molecule has 1 rings (SSSR count). The second-order valence-electron chi connectivity index (χ2n) is 3.04. The van der Waals surface area contributed by atoms with E-state index in [0.717, 1.165) is 0 Å². The maximum Gasteiger partial charge on any atom is 0.337 e. The number of esters is 1. The topological polar surface area (TPSA) is 35.5 Å². The molecule has 0 aromatic carbocycles. The Bertz CT molecular complexity index is 151. The van der Waals surface area contributed by atoms with Gasteiger partial charge in [0.2, 0.25) is 0 Å². The standard InChI is InChI=1S/C7H12O3/c1-5-4-9-6(8)7(2,3)10-5/h5H,4H2,1-3H3. The maximum absolute atomic E-state index is 10.9. The summed E-state index contributed by atoms with van der Waals surface area (Å²) >= 11 is 0. The molecule has 3 heteroatoms. The Kier molecular flexibility index (Phi) is 1.68. The highest BCUT2D eigenvalue weighted by molar-refractivity contribution is 5.79. The van der Waals surface area contributed by atoms with Crippen molar-refractivity contribution < 1.29 is 14.3 Å². The minimum atomic E-state index is -0.752. The lowest BCUT2D eigenvalue weighted by Gasteiger charge is -2.32. The van der Waals surface area contributed by atoms with E-state index in [1.165, 1.54) is 0 Å². The quantitative estimate of drug-likeness (QED) is 0.470. The lowest BCUT2D eigenvalue weighted by molar-refractivity contribution is -0.199. The SMILES string of the molecule is CC1COC(=O)C(C)(C)O1. The van der Waals surface area contributed by atoms with Crippen LogP contribution < -0.4 is 0 Å². The molecule has 3 nitrogen and oxygen atoms in total. The molecule has 0 N–H and O–H groups in total. The van der Waals surface area contributed by atoms with Crippen LogP contribution >= 0.6 is 0 Å². The van der Waals surface area contributed by atoms with Crippen molar-refractivity contribution in [2.45, 2.75) is 32.5 Å². The normalized spacial score (nSPS) is 31.5. The summed E-state index contributed by atoms with van der Waals surface area (Å²) in [5, 5.41) is 0. The van der Waals surface area contributed by atoms with Crippen LogP contribution in [0.2, 0.25) is 0 Å². The van der Waals surface area contributed by atoms with E-state index in [1.807, 2.05) is 6.92 Å². The van der Waals surface area contributed by atoms with Crippen molar-refractivity contribution in [3.05, 3.63) is 0 Å². The molecule has 0 radical (unpaired) electrons. The van der Waals surface area contributed by atoms with Gasteiger partial charge in [0.1, 0.15) is 6.61 Å². The van der Waals surface area contributed by atoms with Crippen molar-refractivity contribution in [3.63, 3.8) is 0 Å². The van der Waals surface area contributed by atoms with Gasteiger partial charge in [0.25, 0.3) is 0 Å². The van der Waals surface area contributed by atoms with Crippen LogP contribution in [0.25, 0.3) is 0 Å². The summed E-state index contributed by atoms with van der Waals surface area (Å²) < 4.78 is 10.2. The Balaban J connectivity index is 2.63. The van der Waals surface area contributed by atoms with Crippen molar-refractivity contribution in [2.75, 3.05) is 6.61 Å². The molecule has 1 unspecified atom stereocenters. The van der Waals surface area contributed by atoms with Crippen molar-refractivity contribution >= 4 is 5.97 Å². The molecule has 0 amide bonds. The average Bonchev–Trinajstić information content (AvgIpc) is 1.78. The first-order chi connectivity index (χ1) is 4.52. The van der Waals surface area contributed by atoms with Crippen LogP contribution in [0, 0.1) is 0 Å². The van der Waals surface area contributed by atoms with E-state index in [0.29, 0.717) is 6.61 Å². The predicted octanol–water partition coefficient (Wildman–Crippen LogP) is 0.727. The van der Waals surface area contributed by atoms with Crippen LogP contribution in [0.5, 0.6) is 0 Å². The molecule has 1 aliphatic heterocycles. The van der Waals surface area contributed by atoms with Gasteiger partial charge < -0.3 is 9.47 Å². The first-order valence-corrected chi connectivity index (χ1v) is 3.37. The Morgan fingerprint density at radius 2 is 2.20 bits per heavy atom. The van der Waals surface area contributed by atoms with Gasteiger partial charge in [-0.05, 0) is 20.8 Å². The molecule has 1 atom stereocenters.